The molecule has 2 saturated heterocycles. The molecule has 0 radical (unpaired) electrons. The van der Waals surface area contributed by atoms with E-state index in [4.69, 9.17) is 23.2 Å². The summed E-state index contributed by atoms with van der Waals surface area (Å²) in [6, 6.07) is 12.1. The lowest BCUT2D eigenvalue weighted by atomic mass is 10.2. The number of benzene rings is 2. The first-order valence-corrected chi connectivity index (χ1v) is 11.7. The fourth-order valence-corrected chi connectivity index (χ4v) is 5.62. The Morgan fingerprint density at radius 3 is 1.97 bits per heavy atom. The van der Waals surface area contributed by atoms with Gasteiger partial charge in [0.2, 0.25) is 15.9 Å². The zero-order valence-electron chi connectivity index (χ0n) is 15.9. The molecule has 10 heteroatoms. The van der Waals surface area contributed by atoms with Crippen LogP contribution < -0.4 is 9.80 Å². The quantitative estimate of drug-likeness (QED) is 0.684. The van der Waals surface area contributed by atoms with Gasteiger partial charge in [0, 0.05) is 10.0 Å². The number of quaternary nitrogens is 1. The number of hydrogen-bond acceptors (Lipinski definition) is 4. The van der Waals surface area contributed by atoms with Gasteiger partial charge < -0.3 is 4.90 Å². The van der Waals surface area contributed by atoms with Gasteiger partial charge in [0.15, 0.2) is 6.04 Å². The van der Waals surface area contributed by atoms with Crippen molar-refractivity contribution in [1.82, 2.24) is 4.31 Å². The van der Waals surface area contributed by atoms with Crippen LogP contribution in [-0.2, 0) is 19.6 Å². The molecule has 0 aliphatic carbocycles. The van der Waals surface area contributed by atoms with E-state index in [9.17, 15) is 18.0 Å². The Balaban J connectivity index is 1.44. The number of imide groups is 1. The van der Waals surface area contributed by atoms with Crippen LogP contribution in [0.25, 0.3) is 0 Å². The van der Waals surface area contributed by atoms with Crippen molar-refractivity contribution in [3.8, 4) is 0 Å². The molecule has 0 unspecified atom stereocenters. The van der Waals surface area contributed by atoms with Crippen LogP contribution in [0.1, 0.15) is 6.42 Å². The van der Waals surface area contributed by atoms with E-state index in [0.717, 1.165) is 4.90 Å². The normalized spacial score (nSPS) is 21.4. The van der Waals surface area contributed by atoms with Crippen LogP contribution in [0.2, 0.25) is 10.0 Å². The molecule has 7 nitrogen and oxygen atoms in total. The minimum absolute atomic E-state index is 0.112. The lowest BCUT2D eigenvalue weighted by molar-refractivity contribution is -0.918. The summed E-state index contributed by atoms with van der Waals surface area (Å²) in [4.78, 5) is 27.8. The topological polar surface area (TPSA) is 79.2 Å². The van der Waals surface area contributed by atoms with Crippen molar-refractivity contribution in [3.05, 3.63) is 58.6 Å². The van der Waals surface area contributed by atoms with Crippen LogP contribution in [-0.4, -0.2) is 56.8 Å². The van der Waals surface area contributed by atoms with E-state index in [2.05, 4.69) is 0 Å². The van der Waals surface area contributed by atoms with Crippen LogP contribution >= 0.6 is 23.2 Å². The van der Waals surface area contributed by atoms with E-state index < -0.39 is 16.1 Å². The molecular formula is C20H20Cl2N3O4S+. The number of rotatable bonds is 4. The summed E-state index contributed by atoms with van der Waals surface area (Å²) >= 11 is 11.7. The fraction of sp³-hybridized carbons (Fsp3) is 0.300. The zero-order chi connectivity index (χ0) is 21.5. The Morgan fingerprint density at radius 1 is 0.867 bits per heavy atom. The third-order valence-electron chi connectivity index (χ3n) is 5.54. The number of sulfonamides is 1. The molecule has 0 saturated carbocycles. The third-order valence-corrected chi connectivity index (χ3v) is 7.96. The van der Waals surface area contributed by atoms with Crippen LogP contribution in [0, 0.1) is 0 Å². The maximum atomic E-state index is 12.9. The number of amides is 2. The minimum atomic E-state index is -3.62. The van der Waals surface area contributed by atoms with Crippen molar-refractivity contribution < 1.29 is 22.9 Å². The molecule has 2 aromatic carbocycles. The molecule has 0 bridgehead atoms. The van der Waals surface area contributed by atoms with Gasteiger partial charge in [-0.3, -0.25) is 9.59 Å². The SMILES string of the molecule is O=C1C[C@@H]([NH+]2CCN(S(=O)(=O)c3ccc(Cl)cc3)CC2)C(=O)N1c1ccc(Cl)cc1. The molecule has 1 N–H and O–H groups in total. The fourth-order valence-electron chi connectivity index (χ4n) is 3.93. The van der Waals surface area contributed by atoms with Crippen LogP contribution in [0.3, 0.4) is 0 Å². The minimum Gasteiger partial charge on any atom is -0.322 e. The van der Waals surface area contributed by atoms with Gasteiger partial charge in [0.05, 0.1) is 43.2 Å². The molecule has 4 rings (SSSR count). The summed E-state index contributed by atoms with van der Waals surface area (Å²) in [6.45, 7) is 1.45. The average Bonchev–Trinajstić information content (AvgIpc) is 3.03. The number of nitrogens with zero attached hydrogens (tertiary/aromatic N) is 2. The Bertz CT molecular complexity index is 1070. The van der Waals surface area contributed by atoms with Crippen LogP contribution in [0.15, 0.2) is 53.4 Å². The molecule has 2 amide bonds. The molecule has 1 atom stereocenters. The predicted molar refractivity (Wildman–Crippen MR) is 113 cm³/mol. The highest BCUT2D eigenvalue weighted by Gasteiger charge is 2.47. The number of anilines is 1. The van der Waals surface area contributed by atoms with E-state index in [1.165, 1.54) is 21.3 Å². The highest BCUT2D eigenvalue weighted by Crippen LogP contribution is 2.24. The second kappa shape index (κ2) is 8.28. The lowest BCUT2D eigenvalue weighted by Crippen LogP contribution is -3.19. The second-order valence-electron chi connectivity index (χ2n) is 7.32. The van der Waals surface area contributed by atoms with Crippen molar-refractivity contribution in [3.63, 3.8) is 0 Å². The summed E-state index contributed by atoms with van der Waals surface area (Å²) < 4.78 is 27.1. The van der Waals surface area contributed by atoms with Gasteiger partial charge >= 0.3 is 0 Å². The van der Waals surface area contributed by atoms with E-state index in [-0.39, 0.29) is 36.2 Å². The Labute approximate surface area is 184 Å². The van der Waals surface area contributed by atoms with Gasteiger partial charge in [-0.1, -0.05) is 23.2 Å². The molecule has 2 aliphatic rings. The number of carbonyl (C=O) groups is 2. The third kappa shape index (κ3) is 3.98. The number of hydrogen-bond donors (Lipinski definition) is 1. The van der Waals surface area contributed by atoms with Gasteiger partial charge in [-0.2, -0.15) is 4.31 Å². The Hall–Kier alpha value is -1.97. The Kier molecular flexibility index (Phi) is 5.87. The van der Waals surface area contributed by atoms with Gasteiger partial charge in [0.1, 0.15) is 0 Å². The van der Waals surface area contributed by atoms with E-state index >= 15 is 0 Å². The first-order valence-electron chi connectivity index (χ1n) is 9.50. The van der Waals surface area contributed by atoms with E-state index in [1.807, 2.05) is 0 Å². The zero-order valence-corrected chi connectivity index (χ0v) is 18.3. The summed E-state index contributed by atoms with van der Waals surface area (Å²) in [5, 5.41) is 0.996. The number of piperazine rings is 1. The molecule has 0 spiro atoms. The summed E-state index contributed by atoms with van der Waals surface area (Å²) in [5.41, 5.74) is 0.500. The van der Waals surface area contributed by atoms with E-state index in [0.29, 0.717) is 28.8 Å². The number of halogens is 2. The van der Waals surface area contributed by atoms with Gasteiger partial charge in [-0.15, -0.1) is 0 Å². The van der Waals surface area contributed by atoms with E-state index in [1.54, 1.807) is 36.4 Å². The van der Waals surface area contributed by atoms with Gasteiger partial charge in [0.25, 0.3) is 5.91 Å². The maximum Gasteiger partial charge on any atom is 0.292 e. The largest absolute Gasteiger partial charge is 0.322 e. The molecule has 0 aromatic heterocycles. The second-order valence-corrected chi connectivity index (χ2v) is 10.1. The summed E-state index contributed by atoms with van der Waals surface area (Å²) in [5.74, 6) is -0.512. The Morgan fingerprint density at radius 2 is 1.40 bits per heavy atom. The number of carbonyl (C=O) groups excluding carboxylic acids is 2. The maximum absolute atomic E-state index is 12.9. The highest BCUT2D eigenvalue weighted by molar-refractivity contribution is 7.89. The van der Waals surface area contributed by atoms with Gasteiger partial charge in [-0.25, -0.2) is 13.3 Å². The lowest BCUT2D eigenvalue weighted by Gasteiger charge is -2.33. The van der Waals surface area contributed by atoms with Crippen molar-refractivity contribution in [1.29, 1.82) is 0 Å². The van der Waals surface area contributed by atoms with Crippen molar-refractivity contribution in [2.75, 3.05) is 31.1 Å². The molecule has 2 fully saturated rings. The highest BCUT2D eigenvalue weighted by atomic mass is 35.5. The average molecular weight is 469 g/mol. The molecule has 2 heterocycles. The molecule has 2 aliphatic heterocycles. The predicted octanol–water partition coefficient (Wildman–Crippen LogP) is 1.21. The smallest absolute Gasteiger partial charge is 0.292 e. The van der Waals surface area contributed by atoms with Crippen molar-refractivity contribution in [2.24, 2.45) is 0 Å². The van der Waals surface area contributed by atoms with Crippen molar-refractivity contribution in [2.45, 2.75) is 17.4 Å². The number of nitrogens with one attached hydrogen (secondary N) is 1. The molecule has 30 heavy (non-hydrogen) atoms. The molecule has 158 valence electrons. The monoisotopic (exact) mass is 468 g/mol. The molecule has 2 aromatic rings. The summed E-state index contributed by atoms with van der Waals surface area (Å²) in [6.07, 6.45) is 0.112. The van der Waals surface area contributed by atoms with Crippen molar-refractivity contribution >= 4 is 50.7 Å². The standard InChI is InChI=1S/C20H19Cl2N3O4S/c21-14-1-5-16(6-2-14)25-19(26)13-18(20(25)27)23-9-11-24(12-10-23)30(28,29)17-7-3-15(22)4-8-17/h1-8,18H,9-13H2/p+1/t18-/m1/s1. The summed E-state index contributed by atoms with van der Waals surface area (Å²) in [7, 11) is -3.62. The van der Waals surface area contributed by atoms with Crippen LogP contribution in [0.5, 0.6) is 0 Å². The van der Waals surface area contributed by atoms with Gasteiger partial charge in [-0.05, 0) is 48.5 Å². The first-order chi connectivity index (χ1) is 14.3. The van der Waals surface area contributed by atoms with Crippen LogP contribution in [0.4, 0.5) is 5.69 Å². The first kappa shape index (κ1) is 21.3. The molecular weight excluding hydrogens is 449 g/mol.